The summed E-state index contributed by atoms with van der Waals surface area (Å²) >= 11 is 5.79. The lowest BCUT2D eigenvalue weighted by molar-refractivity contribution is -0.146. The van der Waals surface area contributed by atoms with Crippen molar-refractivity contribution < 1.29 is 14.6 Å². The third kappa shape index (κ3) is 4.18. The highest BCUT2D eigenvalue weighted by Gasteiger charge is 2.37. The molecule has 1 fully saturated rings. The van der Waals surface area contributed by atoms with Crippen LogP contribution >= 0.6 is 11.6 Å². The number of carboxylic acids is 1. The minimum Gasteiger partial charge on any atom is -0.481 e. The molecule has 0 amide bonds. The molecule has 1 aromatic carbocycles. The number of ether oxygens (including phenoxy) is 1. The zero-order valence-electron chi connectivity index (χ0n) is 15.4. The lowest BCUT2D eigenvalue weighted by Gasteiger charge is -2.32. The average Bonchev–Trinajstić information content (AvgIpc) is 2.66. The largest absolute Gasteiger partial charge is 0.481 e. The second kappa shape index (κ2) is 7.99. The van der Waals surface area contributed by atoms with Gasteiger partial charge in [0.25, 0.3) is 0 Å². The highest BCUT2D eigenvalue weighted by Crippen LogP contribution is 2.36. The SMILES string of the molecule is O=C(O)C1CC(n2c(=O)nc(Nc3ccc(Oc4ccc(Cl)cn4)cc3)[nH]c2=O)C1. The molecule has 3 aromatic rings. The molecular formula is C19H16ClN5O5. The van der Waals surface area contributed by atoms with E-state index in [1.165, 1.54) is 6.20 Å². The van der Waals surface area contributed by atoms with Gasteiger partial charge in [0, 0.05) is 24.0 Å². The zero-order valence-corrected chi connectivity index (χ0v) is 16.2. The Morgan fingerprint density at radius 3 is 2.53 bits per heavy atom. The number of aliphatic carboxylic acids is 1. The minimum absolute atomic E-state index is 0.0107. The van der Waals surface area contributed by atoms with Gasteiger partial charge in [-0.15, -0.1) is 0 Å². The first-order valence-electron chi connectivity index (χ1n) is 9.01. The topological polar surface area (TPSA) is 139 Å². The highest BCUT2D eigenvalue weighted by molar-refractivity contribution is 6.30. The van der Waals surface area contributed by atoms with Crippen LogP contribution in [0.2, 0.25) is 5.02 Å². The molecule has 3 N–H and O–H groups in total. The number of carboxylic acid groups (broad SMARTS) is 1. The van der Waals surface area contributed by atoms with Crippen LogP contribution in [0.4, 0.5) is 11.6 Å². The van der Waals surface area contributed by atoms with Gasteiger partial charge in [-0.3, -0.25) is 9.78 Å². The van der Waals surface area contributed by atoms with Gasteiger partial charge in [-0.25, -0.2) is 19.1 Å². The number of pyridine rings is 1. The second-order valence-corrected chi connectivity index (χ2v) is 7.21. The first kappa shape index (κ1) is 19.6. The fraction of sp³-hybridized carbons (Fsp3) is 0.211. The quantitative estimate of drug-likeness (QED) is 0.543. The summed E-state index contributed by atoms with van der Waals surface area (Å²) < 4.78 is 6.56. The van der Waals surface area contributed by atoms with Gasteiger partial charge >= 0.3 is 17.3 Å². The molecule has 10 nitrogen and oxygen atoms in total. The van der Waals surface area contributed by atoms with Crippen molar-refractivity contribution in [2.45, 2.75) is 18.9 Å². The van der Waals surface area contributed by atoms with E-state index in [2.05, 4.69) is 20.3 Å². The Morgan fingerprint density at radius 2 is 1.93 bits per heavy atom. The summed E-state index contributed by atoms with van der Waals surface area (Å²) in [6.07, 6.45) is 1.94. The first-order valence-corrected chi connectivity index (χ1v) is 9.39. The normalized spacial score (nSPS) is 17.8. The maximum Gasteiger partial charge on any atom is 0.355 e. The Hall–Kier alpha value is -3.66. The number of hydrogen-bond acceptors (Lipinski definition) is 7. The molecular weight excluding hydrogens is 414 g/mol. The fourth-order valence-corrected chi connectivity index (χ4v) is 3.21. The third-order valence-electron chi connectivity index (χ3n) is 4.72. The van der Waals surface area contributed by atoms with Crippen molar-refractivity contribution in [3.8, 4) is 11.6 Å². The molecule has 154 valence electrons. The van der Waals surface area contributed by atoms with Crippen LogP contribution < -0.4 is 21.4 Å². The number of halogens is 1. The molecule has 0 radical (unpaired) electrons. The minimum atomic E-state index is -0.929. The summed E-state index contributed by atoms with van der Waals surface area (Å²) in [5.41, 5.74) is -0.801. The molecule has 2 heterocycles. The molecule has 2 aromatic heterocycles. The molecule has 0 bridgehead atoms. The number of rotatable bonds is 6. The molecule has 0 aliphatic heterocycles. The second-order valence-electron chi connectivity index (χ2n) is 6.77. The standard InChI is InChI=1S/C19H16ClN5O5/c20-11-1-6-15(21-9-11)30-14-4-2-12(3-5-14)22-17-23-18(28)25(19(29)24-17)13-7-10(8-13)16(26)27/h1-6,9-10,13H,7-8H2,(H,26,27)(H2,22,23,24,28,29). The van der Waals surface area contributed by atoms with Gasteiger partial charge in [-0.05, 0) is 43.2 Å². The van der Waals surface area contributed by atoms with Crippen molar-refractivity contribution in [3.63, 3.8) is 0 Å². The molecule has 1 aliphatic rings. The van der Waals surface area contributed by atoms with E-state index >= 15 is 0 Å². The number of H-pyrrole nitrogens is 1. The van der Waals surface area contributed by atoms with Gasteiger partial charge in [0.2, 0.25) is 11.8 Å². The van der Waals surface area contributed by atoms with Crippen molar-refractivity contribution >= 4 is 29.2 Å². The van der Waals surface area contributed by atoms with Crippen LogP contribution in [-0.2, 0) is 4.79 Å². The Balaban J connectivity index is 1.44. The average molecular weight is 430 g/mol. The van der Waals surface area contributed by atoms with Gasteiger partial charge in [0.05, 0.1) is 10.9 Å². The molecule has 30 heavy (non-hydrogen) atoms. The first-order chi connectivity index (χ1) is 14.4. The number of anilines is 2. The van der Waals surface area contributed by atoms with Gasteiger partial charge in [-0.1, -0.05) is 11.6 Å². The summed E-state index contributed by atoms with van der Waals surface area (Å²) in [5, 5.41) is 12.3. The van der Waals surface area contributed by atoms with Crippen molar-refractivity contribution in [2.75, 3.05) is 5.32 Å². The molecule has 0 spiro atoms. The van der Waals surface area contributed by atoms with E-state index in [4.69, 9.17) is 21.4 Å². The number of hydrogen-bond donors (Lipinski definition) is 3. The molecule has 0 atom stereocenters. The fourth-order valence-electron chi connectivity index (χ4n) is 3.09. The van der Waals surface area contributed by atoms with Crippen LogP contribution in [0.5, 0.6) is 11.6 Å². The Bertz CT molecular complexity index is 1150. The van der Waals surface area contributed by atoms with Crippen molar-refractivity contribution in [1.82, 2.24) is 19.5 Å². The number of nitrogens with zero attached hydrogens (tertiary/aromatic N) is 3. The Kier molecular flexibility index (Phi) is 5.23. The van der Waals surface area contributed by atoms with Crippen LogP contribution in [0.25, 0.3) is 0 Å². The van der Waals surface area contributed by atoms with Crippen molar-refractivity contribution in [2.24, 2.45) is 5.92 Å². The lowest BCUT2D eigenvalue weighted by Crippen LogP contribution is -2.45. The van der Waals surface area contributed by atoms with E-state index in [-0.39, 0.29) is 18.8 Å². The molecule has 0 unspecified atom stereocenters. The predicted molar refractivity (Wildman–Crippen MR) is 108 cm³/mol. The van der Waals surface area contributed by atoms with Gasteiger partial charge in [-0.2, -0.15) is 4.98 Å². The summed E-state index contributed by atoms with van der Waals surface area (Å²) in [6.45, 7) is 0. The number of aromatic amines is 1. The molecule has 4 rings (SSSR count). The smallest absolute Gasteiger partial charge is 0.355 e. The maximum atomic E-state index is 12.3. The summed E-state index contributed by atoms with van der Waals surface area (Å²) in [7, 11) is 0. The molecule has 1 aliphatic carbocycles. The number of carbonyl (C=O) groups is 1. The highest BCUT2D eigenvalue weighted by atomic mass is 35.5. The summed E-state index contributed by atoms with van der Waals surface area (Å²) in [6, 6.07) is 9.56. The van der Waals surface area contributed by atoms with E-state index < -0.39 is 29.3 Å². The Labute approximate surface area is 174 Å². The lowest BCUT2D eigenvalue weighted by atomic mass is 9.80. The van der Waals surface area contributed by atoms with Crippen LogP contribution in [0.1, 0.15) is 18.9 Å². The molecule has 0 saturated heterocycles. The summed E-state index contributed by atoms with van der Waals surface area (Å²) in [5.74, 6) is -0.561. The van der Waals surface area contributed by atoms with Gasteiger partial charge in [0.1, 0.15) is 5.75 Å². The van der Waals surface area contributed by atoms with Crippen LogP contribution in [-0.4, -0.2) is 30.6 Å². The zero-order chi connectivity index (χ0) is 21.3. The van der Waals surface area contributed by atoms with Gasteiger partial charge < -0.3 is 15.2 Å². The predicted octanol–water partition coefficient (Wildman–Crippen LogP) is 2.55. The van der Waals surface area contributed by atoms with E-state index in [9.17, 15) is 14.4 Å². The summed E-state index contributed by atoms with van der Waals surface area (Å²) in [4.78, 5) is 45.8. The number of aromatic nitrogens is 4. The number of nitrogens with one attached hydrogen (secondary N) is 2. The van der Waals surface area contributed by atoms with E-state index in [1.54, 1.807) is 36.4 Å². The van der Waals surface area contributed by atoms with E-state index in [0.717, 1.165) is 4.57 Å². The van der Waals surface area contributed by atoms with Crippen molar-refractivity contribution in [3.05, 3.63) is 68.6 Å². The van der Waals surface area contributed by atoms with Gasteiger partial charge in [0.15, 0.2) is 0 Å². The Morgan fingerprint density at radius 1 is 1.20 bits per heavy atom. The van der Waals surface area contributed by atoms with Crippen LogP contribution in [0.15, 0.2) is 52.2 Å². The number of benzene rings is 1. The molecule has 1 saturated carbocycles. The monoisotopic (exact) mass is 429 g/mol. The van der Waals surface area contributed by atoms with E-state index in [0.29, 0.717) is 22.3 Å². The van der Waals surface area contributed by atoms with E-state index in [1.807, 2.05) is 0 Å². The van der Waals surface area contributed by atoms with Crippen LogP contribution in [0.3, 0.4) is 0 Å². The third-order valence-corrected chi connectivity index (χ3v) is 4.95. The van der Waals surface area contributed by atoms with Crippen molar-refractivity contribution in [1.29, 1.82) is 0 Å². The van der Waals surface area contributed by atoms with Crippen LogP contribution in [0, 0.1) is 5.92 Å². The molecule has 11 heteroatoms. The maximum absolute atomic E-state index is 12.3.